The number of allylic oxidation sites excluding steroid dienone is 3. The van der Waals surface area contributed by atoms with E-state index in [-0.39, 0.29) is 0 Å². The fourth-order valence-corrected chi connectivity index (χ4v) is 1.97. The van der Waals surface area contributed by atoms with Gasteiger partial charge in [0.2, 0.25) is 5.95 Å². The van der Waals surface area contributed by atoms with Crippen molar-refractivity contribution in [3.8, 4) is 0 Å². The Morgan fingerprint density at radius 2 is 2.32 bits per heavy atom. The standard InChI is InChI=1S/C13H21N5O/c1-3-11(4-2)12-15-13(17-16-12)14-5-6-18-7-9-19-10-8-18/h3-4H,1,5-10H2,2H3,(H2,14,15,16,17)/b11-4+. The molecule has 6 nitrogen and oxygen atoms in total. The number of hydrogen-bond donors (Lipinski definition) is 2. The molecule has 1 saturated heterocycles. The first kappa shape index (κ1) is 13.8. The van der Waals surface area contributed by atoms with Crippen LogP contribution in [0.5, 0.6) is 0 Å². The number of aromatic nitrogens is 3. The van der Waals surface area contributed by atoms with E-state index in [1.165, 1.54) is 0 Å². The van der Waals surface area contributed by atoms with Crippen molar-refractivity contribution in [3.63, 3.8) is 0 Å². The highest BCUT2D eigenvalue weighted by Crippen LogP contribution is 2.11. The molecule has 104 valence electrons. The van der Waals surface area contributed by atoms with Gasteiger partial charge in [0.05, 0.1) is 13.2 Å². The summed E-state index contributed by atoms with van der Waals surface area (Å²) < 4.78 is 5.31. The second-order valence-corrected chi connectivity index (χ2v) is 4.34. The Bertz CT molecular complexity index is 434. The summed E-state index contributed by atoms with van der Waals surface area (Å²) in [6.45, 7) is 11.2. The maximum Gasteiger partial charge on any atom is 0.242 e. The molecule has 2 rings (SSSR count). The largest absolute Gasteiger partial charge is 0.379 e. The summed E-state index contributed by atoms with van der Waals surface area (Å²) in [6.07, 6.45) is 3.71. The lowest BCUT2D eigenvalue weighted by Gasteiger charge is -2.26. The molecule has 0 saturated carbocycles. The van der Waals surface area contributed by atoms with Gasteiger partial charge in [-0.25, -0.2) is 0 Å². The molecule has 2 N–H and O–H groups in total. The molecule has 0 aliphatic carbocycles. The Labute approximate surface area is 113 Å². The summed E-state index contributed by atoms with van der Waals surface area (Å²) in [4.78, 5) is 6.74. The predicted molar refractivity (Wildman–Crippen MR) is 76.0 cm³/mol. The Morgan fingerprint density at radius 3 is 3.00 bits per heavy atom. The van der Waals surface area contributed by atoms with Gasteiger partial charge in [-0.3, -0.25) is 10.00 Å². The quantitative estimate of drug-likeness (QED) is 0.753. The van der Waals surface area contributed by atoms with E-state index < -0.39 is 0 Å². The average Bonchev–Trinajstić information content (AvgIpc) is 2.90. The van der Waals surface area contributed by atoms with Crippen molar-refractivity contribution in [1.82, 2.24) is 20.1 Å². The lowest BCUT2D eigenvalue weighted by atomic mass is 10.2. The molecule has 1 aromatic heterocycles. The van der Waals surface area contributed by atoms with Crippen LogP contribution in [0, 0.1) is 0 Å². The van der Waals surface area contributed by atoms with Gasteiger partial charge in [-0.05, 0) is 6.92 Å². The van der Waals surface area contributed by atoms with Gasteiger partial charge in [-0.1, -0.05) is 18.7 Å². The topological polar surface area (TPSA) is 66.1 Å². The van der Waals surface area contributed by atoms with E-state index in [1.807, 2.05) is 13.0 Å². The zero-order valence-corrected chi connectivity index (χ0v) is 11.4. The molecule has 0 unspecified atom stereocenters. The second kappa shape index (κ2) is 7.06. The molecule has 0 amide bonds. The molecule has 0 spiro atoms. The zero-order valence-electron chi connectivity index (χ0n) is 11.4. The molecular formula is C13H21N5O. The van der Waals surface area contributed by atoms with Crippen LogP contribution in [0.15, 0.2) is 18.7 Å². The maximum absolute atomic E-state index is 5.31. The third-order valence-electron chi connectivity index (χ3n) is 3.10. The minimum atomic E-state index is 0.629. The molecule has 19 heavy (non-hydrogen) atoms. The Hall–Kier alpha value is -1.66. The Kier molecular flexibility index (Phi) is 5.11. The van der Waals surface area contributed by atoms with Crippen LogP contribution in [0.4, 0.5) is 5.95 Å². The first-order chi connectivity index (χ1) is 9.33. The van der Waals surface area contributed by atoms with E-state index in [9.17, 15) is 0 Å². The lowest BCUT2D eigenvalue weighted by Crippen LogP contribution is -2.39. The molecule has 0 bridgehead atoms. The Balaban J connectivity index is 1.78. The molecular weight excluding hydrogens is 242 g/mol. The third kappa shape index (κ3) is 3.90. The highest BCUT2D eigenvalue weighted by atomic mass is 16.5. The number of ether oxygens (including phenoxy) is 1. The van der Waals surface area contributed by atoms with Crippen LogP contribution >= 0.6 is 0 Å². The van der Waals surface area contributed by atoms with Gasteiger partial charge in [0, 0.05) is 31.8 Å². The molecule has 1 aliphatic rings. The summed E-state index contributed by atoms with van der Waals surface area (Å²) in [5.74, 6) is 1.37. The highest BCUT2D eigenvalue weighted by Gasteiger charge is 2.10. The third-order valence-corrected chi connectivity index (χ3v) is 3.10. The van der Waals surface area contributed by atoms with Crippen molar-refractivity contribution in [2.24, 2.45) is 0 Å². The number of morpholine rings is 1. The van der Waals surface area contributed by atoms with E-state index in [0.717, 1.165) is 50.8 Å². The highest BCUT2D eigenvalue weighted by molar-refractivity contribution is 5.68. The average molecular weight is 263 g/mol. The first-order valence-corrected chi connectivity index (χ1v) is 6.59. The summed E-state index contributed by atoms with van der Waals surface area (Å²) >= 11 is 0. The summed E-state index contributed by atoms with van der Waals surface area (Å²) in [6, 6.07) is 0. The van der Waals surface area contributed by atoms with Gasteiger partial charge in [0.1, 0.15) is 0 Å². The van der Waals surface area contributed by atoms with Crippen molar-refractivity contribution >= 4 is 11.5 Å². The van der Waals surface area contributed by atoms with E-state index in [4.69, 9.17) is 4.74 Å². The van der Waals surface area contributed by atoms with Crippen LogP contribution in [-0.2, 0) is 4.74 Å². The van der Waals surface area contributed by atoms with Gasteiger partial charge < -0.3 is 10.1 Å². The van der Waals surface area contributed by atoms with E-state index >= 15 is 0 Å². The van der Waals surface area contributed by atoms with Crippen molar-refractivity contribution in [2.45, 2.75) is 6.92 Å². The summed E-state index contributed by atoms with van der Waals surface area (Å²) in [5.41, 5.74) is 0.953. The number of aromatic amines is 1. The predicted octanol–water partition coefficient (Wildman–Crippen LogP) is 1.14. The van der Waals surface area contributed by atoms with Crippen molar-refractivity contribution in [1.29, 1.82) is 0 Å². The molecule has 6 heteroatoms. The van der Waals surface area contributed by atoms with Crippen LogP contribution in [0.2, 0.25) is 0 Å². The van der Waals surface area contributed by atoms with Crippen LogP contribution in [0.25, 0.3) is 5.57 Å². The monoisotopic (exact) mass is 263 g/mol. The minimum absolute atomic E-state index is 0.629. The van der Waals surface area contributed by atoms with E-state index in [0.29, 0.717) is 5.95 Å². The molecule has 0 atom stereocenters. The normalized spacial score (nSPS) is 17.4. The molecule has 0 radical (unpaired) electrons. The van der Waals surface area contributed by atoms with Crippen LogP contribution < -0.4 is 5.32 Å². The first-order valence-electron chi connectivity index (χ1n) is 6.59. The van der Waals surface area contributed by atoms with Crippen molar-refractivity contribution in [2.75, 3.05) is 44.7 Å². The number of rotatable bonds is 6. The van der Waals surface area contributed by atoms with Crippen LogP contribution in [0.1, 0.15) is 12.7 Å². The van der Waals surface area contributed by atoms with Gasteiger partial charge in [-0.15, -0.1) is 5.10 Å². The van der Waals surface area contributed by atoms with Gasteiger partial charge in [-0.2, -0.15) is 4.98 Å². The van der Waals surface area contributed by atoms with Crippen LogP contribution in [-0.4, -0.2) is 59.5 Å². The van der Waals surface area contributed by atoms with Gasteiger partial charge >= 0.3 is 0 Å². The van der Waals surface area contributed by atoms with E-state index in [1.54, 1.807) is 6.08 Å². The molecule has 1 fully saturated rings. The summed E-state index contributed by atoms with van der Waals surface area (Å²) in [5, 5.41) is 10.3. The molecule has 0 aromatic carbocycles. The maximum atomic E-state index is 5.31. The number of nitrogens with one attached hydrogen (secondary N) is 2. The van der Waals surface area contributed by atoms with Gasteiger partial charge in [0.15, 0.2) is 5.82 Å². The Morgan fingerprint density at radius 1 is 1.53 bits per heavy atom. The van der Waals surface area contributed by atoms with Crippen LogP contribution in [0.3, 0.4) is 0 Å². The lowest BCUT2D eigenvalue weighted by molar-refractivity contribution is 0.0398. The van der Waals surface area contributed by atoms with Crippen molar-refractivity contribution in [3.05, 3.63) is 24.6 Å². The zero-order chi connectivity index (χ0) is 13.5. The number of H-pyrrole nitrogens is 1. The smallest absolute Gasteiger partial charge is 0.242 e. The molecule has 1 aliphatic heterocycles. The fourth-order valence-electron chi connectivity index (χ4n) is 1.97. The number of hydrogen-bond acceptors (Lipinski definition) is 5. The molecule has 2 heterocycles. The number of anilines is 1. The van der Waals surface area contributed by atoms with Gasteiger partial charge in [0.25, 0.3) is 0 Å². The molecule has 1 aromatic rings. The second-order valence-electron chi connectivity index (χ2n) is 4.34. The van der Waals surface area contributed by atoms with E-state index in [2.05, 4.69) is 32.0 Å². The fraction of sp³-hybridized carbons (Fsp3) is 0.538. The van der Waals surface area contributed by atoms with Crippen molar-refractivity contribution < 1.29 is 4.74 Å². The summed E-state index contributed by atoms with van der Waals surface area (Å²) in [7, 11) is 0. The number of nitrogens with zero attached hydrogens (tertiary/aromatic N) is 3. The SMILES string of the molecule is C=C/C(=C\C)c1nc(NCCN2CCOCC2)n[nH]1. The minimum Gasteiger partial charge on any atom is -0.379 e.